The van der Waals surface area contributed by atoms with E-state index in [1.807, 2.05) is 48.4 Å². The molecule has 1 aromatic carbocycles. The van der Waals surface area contributed by atoms with Crippen LogP contribution in [0.3, 0.4) is 0 Å². The van der Waals surface area contributed by atoms with Gasteiger partial charge < -0.3 is 15.5 Å². The minimum absolute atomic E-state index is 0.0262. The van der Waals surface area contributed by atoms with Crippen molar-refractivity contribution in [3.8, 4) is 0 Å². The lowest BCUT2D eigenvalue weighted by Gasteiger charge is -2.13. The van der Waals surface area contributed by atoms with Crippen LogP contribution in [-0.4, -0.2) is 60.3 Å². The van der Waals surface area contributed by atoms with Crippen LogP contribution in [0.1, 0.15) is 34.8 Å². The predicted molar refractivity (Wildman–Crippen MR) is 114 cm³/mol. The number of aromatic nitrogens is 2. The number of hydrogen-bond donors (Lipinski definition) is 2. The van der Waals surface area contributed by atoms with Gasteiger partial charge in [0, 0.05) is 52.5 Å². The Kier molecular flexibility index (Phi) is 8.52. The number of carbonyl (C=O) groups is 1. The second-order valence-electron chi connectivity index (χ2n) is 6.96. The lowest BCUT2D eigenvalue weighted by molar-refractivity contribution is 0.0827. The van der Waals surface area contributed by atoms with Gasteiger partial charge in [-0.15, -0.1) is 0 Å². The van der Waals surface area contributed by atoms with Crippen molar-refractivity contribution >= 4 is 11.9 Å². The third-order valence-electron chi connectivity index (χ3n) is 4.28. The van der Waals surface area contributed by atoms with E-state index in [1.165, 1.54) is 5.56 Å². The maximum atomic E-state index is 12.1. The zero-order valence-electron chi connectivity index (χ0n) is 17.4. The molecule has 0 saturated heterocycles. The molecule has 1 aromatic heterocycles. The van der Waals surface area contributed by atoms with Crippen LogP contribution in [0.4, 0.5) is 0 Å². The number of nitrogens with zero attached hydrogens (tertiary/aromatic N) is 4. The van der Waals surface area contributed by atoms with E-state index in [2.05, 4.69) is 27.6 Å². The van der Waals surface area contributed by atoms with Gasteiger partial charge in [-0.3, -0.25) is 14.5 Å². The van der Waals surface area contributed by atoms with E-state index in [4.69, 9.17) is 0 Å². The van der Waals surface area contributed by atoms with E-state index >= 15 is 0 Å². The van der Waals surface area contributed by atoms with Gasteiger partial charge in [-0.05, 0) is 49.4 Å². The zero-order valence-corrected chi connectivity index (χ0v) is 17.4. The third-order valence-corrected chi connectivity index (χ3v) is 4.28. The van der Waals surface area contributed by atoms with Crippen LogP contribution in [-0.2, 0) is 19.9 Å². The smallest absolute Gasteiger partial charge is 0.253 e. The summed E-state index contributed by atoms with van der Waals surface area (Å²) in [7, 11) is 5.47. The Morgan fingerprint density at radius 1 is 1.21 bits per heavy atom. The number of aliphatic imine (C=N–C) groups is 1. The van der Waals surface area contributed by atoms with E-state index in [0.717, 1.165) is 56.0 Å². The van der Waals surface area contributed by atoms with Crippen LogP contribution in [0.25, 0.3) is 0 Å². The number of hydrogen-bond acceptors (Lipinski definition) is 3. The Labute approximate surface area is 167 Å². The number of aryl methyl sites for hydroxylation is 2. The van der Waals surface area contributed by atoms with E-state index in [1.54, 1.807) is 19.0 Å². The molecule has 2 aromatic rings. The molecular formula is C21H32N6O. The van der Waals surface area contributed by atoms with Crippen molar-refractivity contribution < 1.29 is 4.79 Å². The summed E-state index contributed by atoms with van der Waals surface area (Å²) in [6, 6.07) is 7.80. The molecule has 0 radical (unpaired) electrons. The number of nitrogens with one attached hydrogen (secondary N) is 2. The van der Waals surface area contributed by atoms with Gasteiger partial charge in [-0.1, -0.05) is 12.1 Å². The Bertz CT molecular complexity index is 781. The van der Waals surface area contributed by atoms with Gasteiger partial charge in [0.05, 0.1) is 6.20 Å². The number of benzene rings is 1. The normalized spacial score (nSPS) is 11.4. The summed E-state index contributed by atoms with van der Waals surface area (Å²) in [5.74, 6) is 0.854. The fraction of sp³-hybridized carbons (Fsp3) is 0.476. The highest BCUT2D eigenvalue weighted by molar-refractivity contribution is 5.94. The van der Waals surface area contributed by atoms with Gasteiger partial charge in [0.25, 0.3) is 5.91 Å². The lowest BCUT2D eigenvalue weighted by Crippen LogP contribution is -2.38. The third kappa shape index (κ3) is 7.06. The number of guanidine groups is 1. The zero-order chi connectivity index (χ0) is 20.4. The summed E-state index contributed by atoms with van der Waals surface area (Å²) in [4.78, 5) is 18.3. The highest BCUT2D eigenvalue weighted by Gasteiger charge is 2.08. The largest absolute Gasteiger partial charge is 0.357 e. The van der Waals surface area contributed by atoms with E-state index in [-0.39, 0.29) is 5.91 Å². The average Bonchev–Trinajstić information content (AvgIpc) is 3.09. The second kappa shape index (κ2) is 11.1. The molecule has 0 fully saturated rings. The van der Waals surface area contributed by atoms with Crippen molar-refractivity contribution in [2.45, 2.75) is 26.2 Å². The quantitative estimate of drug-likeness (QED) is 0.393. The minimum Gasteiger partial charge on any atom is -0.357 e. The van der Waals surface area contributed by atoms with Gasteiger partial charge in [0.2, 0.25) is 0 Å². The second-order valence-corrected chi connectivity index (χ2v) is 6.96. The van der Waals surface area contributed by atoms with Crippen LogP contribution < -0.4 is 10.6 Å². The van der Waals surface area contributed by atoms with Crippen LogP contribution in [0.15, 0.2) is 41.7 Å². The van der Waals surface area contributed by atoms with Crippen LogP contribution in [0, 0.1) is 0 Å². The van der Waals surface area contributed by atoms with E-state index in [9.17, 15) is 4.79 Å². The van der Waals surface area contributed by atoms with E-state index in [0.29, 0.717) is 0 Å². The van der Waals surface area contributed by atoms with Gasteiger partial charge in [-0.2, -0.15) is 5.10 Å². The standard InChI is InChI=1S/C21H32N6O/c1-5-22-21(23-12-7-9-18-15-25-27(4)16-18)24-13-11-17-8-6-10-19(14-17)20(28)26(2)3/h6,8,10,14-16H,5,7,9,11-13H2,1-4H3,(H2,22,23,24). The Morgan fingerprint density at radius 2 is 2.04 bits per heavy atom. The summed E-state index contributed by atoms with van der Waals surface area (Å²) in [6.45, 7) is 4.40. The SMILES string of the molecule is CCNC(=NCCCc1cnn(C)c1)NCCc1cccc(C(=O)N(C)C)c1. The molecule has 0 saturated carbocycles. The molecule has 0 aliphatic rings. The van der Waals surface area contributed by atoms with Crippen molar-refractivity contribution in [1.29, 1.82) is 0 Å². The maximum absolute atomic E-state index is 12.1. The molecule has 2 N–H and O–H groups in total. The molecule has 1 amide bonds. The van der Waals surface area contributed by atoms with Crippen molar-refractivity contribution in [1.82, 2.24) is 25.3 Å². The van der Waals surface area contributed by atoms with Gasteiger partial charge in [0.1, 0.15) is 0 Å². The van der Waals surface area contributed by atoms with Crippen LogP contribution in [0.2, 0.25) is 0 Å². The number of rotatable bonds is 9. The van der Waals surface area contributed by atoms with Crippen molar-refractivity contribution in [2.24, 2.45) is 12.0 Å². The summed E-state index contributed by atoms with van der Waals surface area (Å²) < 4.78 is 1.82. The summed E-state index contributed by atoms with van der Waals surface area (Å²) in [6.07, 6.45) is 6.74. The monoisotopic (exact) mass is 384 g/mol. The van der Waals surface area contributed by atoms with E-state index < -0.39 is 0 Å². The molecule has 0 spiro atoms. The minimum atomic E-state index is 0.0262. The van der Waals surface area contributed by atoms with Crippen LogP contribution in [0.5, 0.6) is 0 Å². The molecule has 7 nitrogen and oxygen atoms in total. The molecule has 0 aliphatic heterocycles. The molecule has 2 rings (SSSR count). The summed E-state index contributed by atoms with van der Waals surface area (Å²) >= 11 is 0. The average molecular weight is 385 g/mol. The lowest BCUT2D eigenvalue weighted by atomic mass is 10.1. The van der Waals surface area contributed by atoms with Gasteiger partial charge in [-0.25, -0.2) is 0 Å². The maximum Gasteiger partial charge on any atom is 0.253 e. The molecule has 0 bridgehead atoms. The first kappa shape index (κ1) is 21.5. The fourth-order valence-corrected chi connectivity index (χ4v) is 2.86. The number of carbonyl (C=O) groups excluding carboxylic acids is 1. The predicted octanol–water partition coefficient (Wildman–Crippen LogP) is 1.85. The molecular weight excluding hydrogens is 352 g/mol. The fourth-order valence-electron chi connectivity index (χ4n) is 2.86. The van der Waals surface area contributed by atoms with Crippen molar-refractivity contribution in [3.05, 3.63) is 53.3 Å². The molecule has 0 aliphatic carbocycles. The first-order valence-electron chi connectivity index (χ1n) is 9.80. The number of amides is 1. The summed E-state index contributed by atoms with van der Waals surface area (Å²) in [5, 5.41) is 10.8. The Balaban J connectivity index is 1.80. The van der Waals surface area contributed by atoms with Crippen molar-refractivity contribution in [2.75, 3.05) is 33.7 Å². The van der Waals surface area contributed by atoms with Crippen LogP contribution >= 0.6 is 0 Å². The van der Waals surface area contributed by atoms with Gasteiger partial charge >= 0.3 is 0 Å². The highest BCUT2D eigenvalue weighted by atomic mass is 16.2. The molecule has 28 heavy (non-hydrogen) atoms. The first-order chi connectivity index (χ1) is 13.5. The molecule has 152 valence electrons. The molecule has 7 heteroatoms. The Morgan fingerprint density at radius 3 is 2.71 bits per heavy atom. The first-order valence-corrected chi connectivity index (χ1v) is 9.80. The Hall–Kier alpha value is -2.83. The highest BCUT2D eigenvalue weighted by Crippen LogP contribution is 2.07. The topological polar surface area (TPSA) is 74.5 Å². The summed E-state index contributed by atoms with van der Waals surface area (Å²) in [5.41, 5.74) is 3.09. The van der Waals surface area contributed by atoms with Gasteiger partial charge in [0.15, 0.2) is 5.96 Å². The molecule has 1 heterocycles. The molecule has 0 atom stereocenters. The van der Waals surface area contributed by atoms with Crippen molar-refractivity contribution in [3.63, 3.8) is 0 Å². The molecule has 0 unspecified atom stereocenters.